The van der Waals surface area contributed by atoms with Crippen LogP contribution in [0.4, 0.5) is 14.9 Å². The summed E-state index contributed by atoms with van der Waals surface area (Å²) in [6, 6.07) is 8.54. The SMILES string of the molecule is COc1ccc2c(c1)CCN(C1CCN(C(=O)Cn3c(C)c(-c4cccc(F)c4Cl)c(=O)n(C(C)CNC(C)=O)c3=O)CC1)C(=O)N2. The van der Waals surface area contributed by atoms with Gasteiger partial charge < -0.3 is 25.2 Å². The number of aromatic nitrogens is 2. The fraction of sp³-hybridized carbons (Fsp3) is 0.424. The van der Waals surface area contributed by atoms with Crippen molar-refractivity contribution in [2.45, 2.75) is 58.7 Å². The number of hydrogen-bond acceptors (Lipinski definition) is 6. The van der Waals surface area contributed by atoms with Crippen LogP contribution in [0.1, 0.15) is 44.0 Å². The minimum absolute atomic E-state index is 0.0129. The summed E-state index contributed by atoms with van der Waals surface area (Å²) in [5.74, 6) is -0.702. The predicted molar refractivity (Wildman–Crippen MR) is 176 cm³/mol. The number of likely N-dealkylation sites (tertiary alicyclic amines) is 1. The second kappa shape index (κ2) is 14.0. The Morgan fingerprint density at radius 3 is 2.53 bits per heavy atom. The minimum Gasteiger partial charge on any atom is -0.497 e. The predicted octanol–water partition coefficient (Wildman–Crippen LogP) is 3.56. The lowest BCUT2D eigenvalue weighted by atomic mass is 10.0. The van der Waals surface area contributed by atoms with Gasteiger partial charge >= 0.3 is 11.7 Å². The minimum atomic E-state index is -0.783. The molecule has 3 heterocycles. The van der Waals surface area contributed by atoms with Gasteiger partial charge in [-0.05, 0) is 62.9 Å². The van der Waals surface area contributed by atoms with Crippen LogP contribution in [0.2, 0.25) is 5.02 Å². The Morgan fingerprint density at radius 1 is 1.13 bits per heavy atom. The van der Waals surface area contributed by atoms with Crippen molar-refractivity contribution in [1.82, 2.24) is 24.3 Å². The van der Waals surface area contributed by atoms with Crippen LogP contribution >= 0.6 is 11.6 Å². The summed E-state index contributed by atoms with van der Waals surface area (Å²) in [6.07, 6.45) is 1.74. The number of rotatable bonds is 8. The molecule has 0 bridgehead atoms. The number of nitrogens with one attached hydrogen (secondary N) is 2. The van der Waals surface area contributed by atoms with Gasteiger partial charge in [0, 0.05) is 56.1 Å². The third-order valence-electron chi connectivity index (χ3n) is 8.93. The summed E-state index contributed by atoms with van der Waals surface area (Å²) in [6.45, 7) is 5.29. The highest BCUT2D eigenvalue weighted by Gasteiger charge is 2.32. The number of hydrogen-bond donors (Lipinski definition) is 2. The molecule has 0 aliphatic carbocycles. The fourth-order valence-electron chi connectivity index (χ4n) is 6.30. The summed E-state index contributed by atoms with van der Waals surface area (Å²) >= 11 is 6.28. The van der Waals surface area contributed by atoms with Gasteiger partial charge in [0.2, 0.25) is 11.8 Å². The van der Waals surface area contributed by atoms with E-state index in [0.29, 0.717) is 38.9 Å². The topological polar surface area (TPSA) is 135 Å². The highest BCUT2D eigenvalue weighted by atomic mass is 35.5. The molecule has 2 aromatic carbocycles. The lowest BCUT2D eigenvalue weighted by molar-refractivity contribution is -0.133. The zero-order valence-corrected chi connectivity index (χ0v) is 27.5. The standard InChI is InChI=1S/C33H38ClFN6O6/c1-19(17-36-21(3)42)41-31(44)29(25-6-5-7-26(35)30(25)34)20(2)40(33(41)46)18-28(43)38-13-11-23(12-14-38)39-15-10-22-16-24(47-4)8-9-27(22)37-32(39)45/h5-9,16,19,23H,10-15,17-18H2,1-4H3,(H,36,42)(H,37,45). The number of methoxy groups -OCH3 is 1. The number of amides is 4. The van der Waals surface area contributed by atoms with Crippen molar-refractivity contribution in [3.63, 3.8) is 0 Å². The average molecular weight is 669 g/mol. The number of carbonyl (C=O) groups is 3. The molecule has 250 valence electrons. The van der Waals surface area contributed by atoms with Crippen molar-refractivity contribution in [1.29, 1.82) is 0 Å². The summed E-state index contributed by atoms with van der Waals surface area (Å²) < 4.78 is 22.0. The number of anilines is 1. The Labute approximate surface area is 276 Å². The third kappa shape index (κ3) is 6.90. The molecule has 1 aromatic heterocycles. The van der Waals surface area contributed by atoms with Crippen molar-refractivity contribution in [2.24, 2.45) is 0 Å². The third-order valence-corrected chi connectivity index (χ3v) is 9.32. The summed E-state index contributed by atoms with van der Waals surface area (Å²) in [4.78, 5) is 69.4. The van der Waals surface area contributed by atoms with E-state index >= 15 is 0 Å². The van der Waals surface area contributed by atoms with E-state index in [1.54, 1.807) is 25.0 Å². The van der Waals surface area contributed by atoms with Crippen molar-refractivity contribution >= 4 is 35.1 Å². The molecule has 5 rings (SSSR count). The summed E-state index contributed by atoms with van der Waals surface area (Å²) in [5.41, 5.74) is 0.532. The van der Waals surface area contributed by atoms with Crippen molar-refractivity contribution in [3.8, 4) is 16.9 Å². The molecule has 3 aromatic rings. The zero-order valence-electron chi connectivity index (χ0n) is 26.8. The quantitative estimate of drug-likeness (QED) is 0.377. The Balaban J connectivity index is 1.37. The lowest BCUT2D eigenvalue weighted by Gasteiger charge is -2.38. The lowest BCUT2D eigenvalue weighted by Crippen LogP contribution is -2.51. The molecule has 0 radical (unpaired) electrons. The van der Waals surface area contributed by atoms with E-state index in [4.69, 9.17) is 16.3 Å². The van der Waals surface area contributed by atoms with Gasteiger partial charge in [-0.1, -0.05) is 23.7 Å². The second-order valence-electron chi connectivity index (χ2n) is 11.9. The smallest absolute Gasteiger partial charge is 0.332 e. The molecule has 2 N–H and O–H groups in total. The van der Waals surface area contributed by atoms with Gasteiger partial charge in [0.25, 0.3) is 5.56 Å². The Bertz CT molecular complexity index is 1830. The summed E-state index contributed by atoms with van der Waals surface area (Å²) in [5, 5.41) is 5.31. The molecule has 12 nitrogen and oxygen atoms in total. The molecule has 0 saturated carbocycles. The van der Waals surface area contributed by atoms with E-state index in [1.807, 2.05) is 17.0 Å². The van der Waals surface area contributed by atoms with E-state index in [-0.39, 0.29) is 58.8 Å². The molecule has 2 aliphatic rings. The van der Waals surface area contributed by atoms with Crippen LogP contribution in [-0.4, -0.2) is 76.1 Å². The maximum atomic E-state index is 14.5. The number of benzene rings is 2. The first-order valence-corrected chi connectivity index (χ1v) is 15.9. The first-order chi connectivity index (χ1) is 22.4. The van der Waals surface area contributed by atoms with Crippen LogP contribution in [0.25, 0.3) is 11.1 Å². The van der Waals surface area contributed by atoms with E-state index in [1.165, 1.54) is 30.5 Å². The molecule has 0 spiro atoms. The number of fused-ring (bicyclic) bond motifs is 1. The zero-order chi connectivity index (χ0) is 34.0. The molecule has 1 atom stereocenters. The van der Waals surface area contributed by atoms with Crippen LogP contribution in [0.5, 0.6) is 5.75 Å². The first kappa shape index (κ1) is 33.7. The molecule has 1 unspecified atom stereocenters. The Morgan fingerprint density at radius 2 is 1.85 bits per heavy atom. The van der Waals surface area contributed by atoms with Crippen LogP contribution in [0.15, 0.2) is 46.0 Å². The second-order valence-corrected chi connectivity index (χ2v) is 12.3. The molecule has 47 heavy (non-hydrogen) atoms. The molecular weight excluding hydrogens is 631 g/mol. The number of ether oxygens (including phenoxy) is 1. The highest BCUT2D eigenvalue weighted by molar-refractivity contribution is 6.33. The van der Waals surface area contributed by atoms with Crippen molar-refractivity contribution in [3.05, 3.63) is 79.3 Å². The van der Waals surface area contributed by atoms with Gasteiger partial charge in [-0.25, -0.2) is 14.0 Å². The molecule has 1 saturated heterocycles. The molecule has 2 aliphatic heterocycles. The van der Waals surface area contributed by atoms with E-state index in [0.717, 1.165) is 27.6 Å². The van der Waals surface area contributed by atoms with Crippen molar-refractivity contribution < 1.29 is 23.5 Å². The maximum Gasteiger partial charge on any atom is 0.332 e. The number of urea groups is 1. The highest BCUT2D eigenvalue weighted by Crippen LogP contribution is 2.30. The van der Waals surface area contributed by atoms with Crippen LogP contribution < -0.4 is 26.6 Å². The van der Waals surface area contributed by atoms with Crippen molar-refractivity contribution in [2.75, 3.05) is 38.6 Å². The van der Waals surface area contributed by atoms with Crippen LogP contribution in [0.3, 0.4) is 0 Å². The van der Waals surface area contributed by atoms with Gasteiger partial charge in [-0.15, -0.1) is 0 Å². The Kier molecular flexibility index (Phi) is 10.0. The largest absolute Gasteiger partial charge is 0.497 e. The van der Waals surface area contributed by atoms with Gasteiger partial charge in [-0.3, -0.25) is 23.5 Å². The van der Waals surface area contributed by atoms with Gasteiger partial charge in [-0.2, -0.15) is 0 Å². The molecular formula is C33H38ClFN6O6. The monoisotopic (exact) mass is 668 g/mol. The maximum absolute atomic E-state index is 14.5. The molecule has 4 amide bonds. The number of halogens is 2. The molecule has 14 heteroatoms. The van der Waals surface area contributed by atoms with Crippen LogP contribution in [0, 0.1) is 12.7 Å². The Hall–Kier alpha value is -4.65. The number of nitrogens with zero attached hydrogens (tertiary/aromatic N) is 4. The van der Waals surface area contributed by atoms with E-state index in [9.17, 15) is 28.4 Å². The van der Waals surface area contributed by atoms with E-state index < -0.39 is 23.1 Å². The summed E-state index contributed by atoms with van der Waals surface area (Å²) in [7, 11) is 1.60. The van der Waals surface area contributed by atoms with Gasteiger partial charge in [0.15, 0.2) is 0 Å². The van der Waals surface area contributed by atoms with Crippen LogP contribution in [-0.2, 0) is 22.6 Å². The average Bonchev–Trinajstić information content (AvgIpc) is 3.21. The molecule has 1 fully saturated rings. The van der Waals surface area contributed by atoms with Gasteiger partial charge in [0.1, 0.15) is 18.1 Å². The number of carbonyl (C=O) groups excluding carboxylic acids is 3. The normalized spacial score (nSPS) is 15.8. The van der Waals surface area contributed by atoms with E-state index in [2.05, 4.69) is 10.6 Å². The van der Waals surface area contributed by atoms with Gasteiger partial charge in [0.05, 0.1) is 23.7 Å². The fourth-order valence-corrected chi connectivity index (χ4v) is 6.52. The number of piperidine rings is 1. The first-order valence-electron chi connectivity index (χ1n) is 15.5.